The van der Waals surface area contributed by atoms with Crippen LogP contribution in [0.5, 0.6) is 17.2 Å². The second-order valence-corrected chi connectivity index (χ2v) is 5.11. The average molecular weight is 360 g/mol. The minimum atomic E-state index is -0.614. The Morgan fingerprint density at radius 1 is 1.04 bits per heavy atom. The highest BCUT2D eigenvalue weighted by Gasteiger charge is 2.14. The molecule has 0 radical (unpaired) electrons. The predicted octanol–water partition coefficient (Wildman–Crippen LogP) is 1.58. The molecule has 0 bridgehead atoms. The van der Waals surface area contributed by atoms with Gasteiger partial charge in [-0.1, -0.05) is 0 Å². The van der Waals surface area contributed by atoms with Crippen LogP contribution in [0.2, 0.25) is 0 Å². The van der Waals surface area contributed by atoms with Gasteiger partial charge in [-0.15, -0.1) is 0 Å². The summed E-state index contributed by atoms with van der Waals surface area (Å²) in [6, 6.07) is 6.55. The highest BCUT2D eigenvalue weighted by molar-refractivity contribution is 5.90. The number of hydrogen-bond acceptors (Lipinski definition) is 7. The summed E-state index contributed by atoms with van der Waals surface area (Å²) in [5.41, 5.74) is 0.971. The van der Waals surface area contributed by atoms with E-state index in [1.807, 2.05) is 0 Å². The van der Waals surface area contributed by atoms with Gasteiger partial charge in [-0.3, -0.25) is 9.78 Å². The van der Waals surface area contributed by atoms with Crippen molar-refractivity contribution < 1.29 is 28.5 Å². The van der Waals surface area contributed by atoms with E-state index in [1.54, 1.807) is 30.5 Å². The number of methoxy groups -OCH3 is 3. The van der Waals surface area contributed by atoms with E-state index < -0.39 is 18.5 Å². The van der Waals surface area contributed by atoms with Gasteiger partial charge in [0.2, 0.25) is 0 Å². The van der Waals surface area contributed by atoms with Gasteiger partial charge in [0.25, 0.3) is 5.91 Å². The summed E-state index contributed by atoms with van der Waals surface area (Å²) in [5.74, 6) is 0.511. The zero-order valence-electron chi connectivity index (χ0n) is 14.8. The second-order valence-electron chi connectivity index (χ2n) is 5.11. The third-order valence-electron chi connectivity index (χ3n) is 3.49. The lowest BCUT2D eigenvalue weighted by atomic mass is 10.1. The van der Waals surface area contributed by atoms with E-state index in [0.29, 0.717) is 22.8 Å². The molecule has 0 atom stereocenters. The zero-order chi connectivity index (χ0) is 18.9. The lowest BCUT2D eigenvalue weighted by Crippen LogP contribution is -2.28. The maximum absolute atomic E-state index is 11.9. The summed E-state index contributed by atoms with van der Waals surface area (Å²) in [6.07, 6.45) is 2.91. The molecule has 2 aromatic rings. The molecule has 0 spiro atoms. The van der Waals surface area contributed by atoms with Gasteiger partial charge in [0, 0.05) is 30.6 Å². The van der Waals surface area contributed by atoms with E-state index >= 15 is 0 Å². The molecule has 8 nitrogen and oxygen atoms in total. The van der Waals surface area contributed by atoms with Crippen LogP contribution in [0.3, 0.4) is 0 Å². The Kier molecular flexibility index (Phi) is 6.78. The molecule has 0 aliphatic rings. The van der Waals surface area contributed by atoms with Crippen molar-refractivity contribution in [3.63, 3.8) is 0 Å². The summed E-state index contributed by atoms with van der Waals surface area (Å²) in [7, 11) is 4.56. The van der Waals surface area contributed by atoms with Gasteiger partial charge >= 0.3 is 5.97 Å². The van der Waals surface area contributed by atoms with Gasteiger partial charge in [0.15, 0.2) is 18.1 Å². The number of carbonyl (C=O) groups is 2. The van der Waals surface area contributed by atoms with E-state index in [2.05, 4.69) is 10.3 Å². The highest BCUT2D eigenvalue weighted by atomic mass is 16.5. The summed E-state index contributed by atoms with van der Waals surface area (Å²) in [4.78, 5) is 27.5. The number of pyridine rings is 1. The number of benzene rings is 1. The molecule has 1 N–H and O–H groups in total. The zero-order valence-corrected chi connectivity index (χ0v) is 14.8. The largest absolute Gasteiger partial charge is 0.496 e. The number of ether oxygens (including phenoxy) is 4. The summed E-state index contributed by atoms with van der Waals surface area (Å²) in [6.45, 7) is -0.226. The molecule has 26 heavy (non-hydrogen) atoms. The van der Waals surface area contributed by atoms with Crippen molar-refractivity contribution in [2.45, 2.75) is 6.54 Å². The Morgan fingerprint density at radius 2 is 1.73 bits per heavy atom. The van der Waals surface area contributed by atoms with Crippen LogP contribution >= 0.6 is 0 Å². The summed E-state index contributed by atoms with van der Waals surface area (Å²) in [5, 5.41) is 2.66. The van der Waals surface area contributed by atoms with Gasteiger partial charge in [0.1, 0.15) is 5.75 Å². The number of rotatable bonds is 8. The van der Waals surface area contributed by atoms with Crippen LogP contribution in [0.15, 0.2) is 36.7 Å². The van der Waals surface area contributed by atoms with Crippen molar-refractivity contribution in [1.82, 2.24) is 10.3 Å². The molecule has 138 valence electrons. The Morgan fingerprint density at radius 3 is 2.35 bits per heavy atom. The van der Waals surface area contributed by atoms with Crippen molar-refractivity contribution in [2.75, 3.05) is 27.9 Å². The minimum Gasteiger partial charge on any atom is -0.496 e. The van der Waals surface area contributed by atoms with Gasteiger partial charge < -0.3 is 24.3 Å². The van der Waals surface area contributed by atoms with Gasteiger partial charge in [-0.05, 0) is 18.2 Å². The monoisotopic (exact) mass is 360 g/mol. The van der Waals surface area contributed by atoms with Crippen LogP contribution in [-0.2, 0) is 16.1 Å². The molecule has 0 aliphatic heterocycles. The summed E-state index contributed by atoms with van der Waals surface area (Å²) < 4.78 is 20.7. The van der Waals surface area contributed by atoms with E-state index in [9.17, 15) is 9.59 Å². The number of amides is 1. The smallest absolute Gasteiger partial charge is 0.340 e. The quantitative estimate of drug-likeness (QED) is 0.714. The van der Waals surface area contributed by atoms with Crippen LogP contribution in [0, 0.1) is 0 Å². The fourth-order valence-corrected chi connectivity index (χ4v) is 2.17. The average Bonchev–Trinajstić information content (AvgIpc) is 2.70. The van der Waals surface area contributed by atoms with Crippen LogP contribution in [0.4, 0.5) is 0 Å². The maximum atomic E-state index is 11.9. The molecule has 1 heterocycles. The molecule has 0 unspecified atom stereocenters. The molecule has 0 saturated heterocycles. The van der Waals surface area contributed by atoms with Crippen LogP contribution in [-0.4, -0.2) is 44.8 Å². The molecular weight excluding hydrogens is 340 g/mol. The molecule has 2 rings (SSSR count). The molecular formula is C18H20N2O6. The number of hydrogen-bond donors (Lipinski definition) is 1. The first kappa shape index (κ1) is 19.0. The normalized spacial score (nSPS) is 9.96. The van der Waals surface area contributed by atoms with Crippen LogP contribution in [0.1, 0.15) is 15.9 Å². The van der Waals surface area contributed by atoms with E-state index in [1.165, 1.54) is 27.5 Å². The number of aromatic nitrogens is 1. The molecule has 1 amide bonds. The first-order valence-electron chi connectivity index (χ1n) is 7.71. The first-order chi connectivity index (χ1) is 12.6. The fraction of sp³-hybridized carbons (Fsp3) is 0.278. The topological polar surface area (TPSA) is 96.0 Å². The maximum Gasteiger partial charge on any atom is 0.340 e. The molecule has 8 heteroatoms. The van der Waals surface area contributed by atoms with Crippen molar-refractivity contribution in [2.24, 2.45) is 0 Å². The Hall–Kier alpha value is -3.29. The SMILES string of the molecule is COc1cc(OC)c(OC)cc1CNC(=O)COC(=O)c1cccnc1. The van der Waals surface area contributed by atoms with Crippen LogP contribution < -0.4 is 19.5 Å². The van der Waals surface area contributed by atoms with E-state index in [4.69, 9.17) is 18.9 Å². The highest BCUT2D eigenvalue weighted by Crippen LogP contribution is 2.34. The Bertz CT molecular complexity index is 764. The van der Waals surface area contributed by atoms with E-state index in [0.717, 1.165) is 0 Å². The lowest BCUT2D eigenvalue weighted by molar-refractivity contribution is -0.124. The van der Waals surface area contributed by atoms with Crippen LogP contribution in [0.25, 0.3) is 0 Å². The Balaban J connectivity index is 1.93. The fourth-order valence-electron chi connectivity index (χ4n) is 2.17. The van der Waals surface area contributed by atoms with Gasteiger partial charge in [-0.2, -0.15) is 0 Å². The molecule has 1 aromatic carbocycles. The Labute approximate surface area is 151 Å². The third-order valence-corrected chi connectivity index (χ3v) is 3.49. The predicted molar refractivity (Wildman–Crippen MR) is 92.5 cm³/mol. The molecule has 0 aliphatic carbocycles. The standard InChI is InChI=1S/C18H20N2O6/c1-23-14-8-16(25-3)15(24-2)7-13(14)10-20-17(21)11-26-18(22)12-5-4-6-19-9-12/h4-9H,10-11H2,1-3H3,(H,20,21). The van der Waals surface area contributed by atoms with Gasteiger partial charge in [-0.25, -0.2) is 4.79 Å². The van der Waals surface area contributed by atoms with E-state index in [-0.39, 0.29) is 12.1 Å². The number of nitrogens with one attached hydrogen (secondary N) is 1. The molecule has 1 aromatic heterocycles. The second kappa shape index (κ2) is 9.26. The van der Waals surface area contributed by atoms with Crippen molar-refractivity contribution in [3.05, 3.63) is 47.8 Å². The van der Waals surface area contributed by atoms with Crippen molar-refractivity contribution in [1.29, 1.82) is 0 Å². The third kappa shape index (κ3) is 4.85. The summed E-state index contributed by atoms with van der Waals surface area (Å²) >= 11 is 0. The molecule has 0 saturated carbocycles. The van der Waals surface area contributed by atoms with Gasteiger partial charge in [0.05, 0.1) is 26.9 Å². The first-order valence-corrected chi connectivity index (χ1v) is 7.71. The molecule has 0 fully saturated rings. The van der Waals surface area contributed by atoms with Crippen molar-refractivity contribution in [3.8, 4) is 17.2 Å². The lowest BCUT2D eigenvalue weighted by Gasteiger charge is -2.14. The number of carbonyl (C=O) groups excluding carboxylic acids is 2. The number of nitrogens with zero attached hydrogens (tertiary/aromatic N) is 1. The minimum absolute atomic E-state index is 0.173. The van der Waals surface area contributed by atoms with Crippen molar-refractivity contribution >= 4 is 11.9 Å². The number of esters is 1.